The van der Waals surface area contributed by atoms with Crippen molar-refractivity contribution in [2.24, 2.45) is 5.92 Å². The molecular formula is C30H32N4O4S. The Hall–Kier alpha value is -3.85. The zero-order valence-electron chi connectivity index (χ0n) is 22.1. The summed E-state index contributed by atoms with van der Waals surface area (Å²) in [5.41, 5.74) is 3.28. The highest BCUT2D eigenvalue weighted by molar-refractivity contribution is 7.99. The van der Waals surface area contributed by atoms with Gasteiger partial charge < -0.3 is 19.7 Å². The first-order valence-corrected chi connectivity index (χ1v) is 14.1. The number of rotatable bonds is 9. The number of hydrogen-bond donors (Lipinski definition) is 1. The molecule has 1 aliphatic carbocycles. The molecule has 1 aliphatic heterocycles. The maximum Gasteiger partial charge on any atom is 0.247 e. The highest BCUT2D eigenvalue weighted by atomic mass is 32.2. The number of carbonyl (C=O) groups excluding carboxylic acids is 2. The molecule has 0 unspecified atom stereocenters. The van der Waals surface area contributed by atoms with Crippen LogP contribution in [0.5, 0.6) is 11.5 Å². The molecular weight excluding hydrogens is 512 g/mol. The second-order valence-electron chi connectivity index (χ2n) is 9.78. The van der Waals surface area contributed by atoms with Crippen molar-refractivity contribution in [2.45, 2.75) is 50.9 Å². The van der Waals surface area contributed by atoms with Gasteiger partial charge in [0.25, 0.3) is 0 Å². The Morgan fingerprint density at radius 3 is 2.54 bits per heavy atom. The van der Waals surface area contributed by atoms with Gasteiger partial charge in [0.15, 0.2) is 16.7 Å². The van der Waals surface area contributed by atoms with Crippen molar-refractivity contribution in [3.05, 3.63) is 83.7 Å². The van der Waals surface area contributed by atoms with Gasteiger partial charge in [0.05, 0.1) is 5.75 Å². The minimum Gasteiger partial charge on any atom is -0.454 e. The number of hydrogen-bond acceptors (Lipinski definition) is 7. The average Bonchev–Trinajstić information content (AvgIpc) is 3.40. The van der Waals surface area contributed by atoms with E-state index in [1.807, 2.05) is 50.2 Å². The van der Waals surface area contributed by atoms with Gasteiger partial charge in [0.1, 0.15) is 6.04 Å². The van der Waals surface area contributed by atoms with E-state index in [1.54, 1.807) is 23.1 Å². The molecule has 0 saturated carbocycles. The van der Waals surface area contributed by atoms with Gasteiger partial charge in [-0.3, -0.25) is 9.59 Å². The lowest BCUT2D eigenvalue weighted by atomic mass is 9.86. The number of benzene rings is 2. The summed E-state index contributed by atoms with van der Waals surface area (Å²) in [6.45, 7) is 4.31. The minimum atomic E-state index is -0.658. The summed E-state index contributed by atoms with van der Waals surface area (Å²) < 4.78 is 10.9. The molecule has 2 heterocycles. The molecule has 0 saturated heterocycles. The van der Waals surface area contributed by atoms with Gasteiger partial charge in [-0.1, -0.05) is 54.2 Å². The summed E-state index contributed by atoms with van der Waals surface area (Å²) in [7, 11) is 0. The third-order valence-corrected chi connectivity index (χ3v) is 7.64. The molecule has 0 bridgehead atoms. The van der Waals surface area contributed by atoms with Gasteiger partial charge in [0, 0.05) is 29.7 Å². The third-order valence-electron chi connectivity index (χ3n) is 6.80. The number of nitrogens with one attached hydrogen (secondary N) is 1. The van der Waals surface area contributed by atoms with Gasteiger partial charge in [-0.05, 0) is 62.8 Å². The number of aromatic nitrogens is 2. The van der Waals surface area contributed by atoms with Crippen molar-refractivity contribution in [3.8, 4) is 11.5 Å². The number of thioether (sulfide) groups is 1. The fourth-order valence-electron chi connectivity index (χ4n) is 4.99. The van der Waals surface area contributed by atoms with Crippen LogP contribution in [0.15, 0.2) is 71.9 Å². The topological polar surface area (TPSA) is 93.7 Å². The van der Waals surface area contributed by atoms with Crippen molar-refractivity contribution in [1.82, 2.24) is 14.9 Å². The molecule has 0 spiro atoms. The molecule has 0 radical (unpaired) electrons. The van der Waals surface area contributed by atoms with E-state index < -0.39 is 6.04 Å². The molecule has 39 heavy (non-hydrogen) atoms. The highest BCUT2D eigenvalue weighted by Gasteiger charge is 2.36. The van der Waals surface area contributed by atoms with E-state index >= 15 is 0 Å². The number of aryl methyl sites for hydroxylation is 2. The third kappa shape index (κ3) is 6.78. The molecule has 2 amide bonds. The van der Waals surface area contributed by atoms with E-state index in [4.69, 9.17) is 9.47 Å². The number of fused-ring (bicyclic) bond motifs is 1. The average molecular weight is 545 g/mol. The fourth-order valence-corrected chi connectivity index (χ4v) is 5.83. The smallest absolute Gasteiger partial charge is 0.247 e. The van der Waals surface area contributed by atoms with Crippen LogP contribution in [0.4, 0.5) is 5.69 Å². The van der Waals surface area contributed by atoms with Crippen molar-refractivity contribution < 1.29 is 19.1 Å². The van der Waals surface area contributed by atoms with Crippen LogP contribution < -0.4 is 14.8 Å². The van der Waals surface area contributed by atoms with E-state index in [0.29, 0.717) is 28.9 Å². The predicted molar refractivity (Wildman–Crippen MR) is 151 cm³/mol. The zero-order valence-corrected chi connectivity index (χ0v) is 22.9. The lowest BCUT2D eigenvalue weighted by Crippen LogP contribution is -2.51. The predicted octanol–water partition coefficient (Wildman–Crippen LogP) is 5.31. The summed E-state index contributed by atoms with van der Waals surface area (Å²) in [6, 6.07) is 16.4. The molecule has 9 heteroatoms. The largest absolute Gasteiger partial charge is 0.454 e. The van der Waals surface area contributed by atoms with Crippen LogP contribution in [0.25, 0.3) is 0 Å². The lowest BCUT2D eigenvalue weighted by molar-refractivity contribution is -0.139. The SMILES string of the molecule is Cc1cc(C)nc(SCC(=O)N(Cc2ccccc2)[C@H](C(=O)Nc2ccc3c(c2)OCO3)[C@H]2CC=CCC2)n1. The Bertz CT molecular complexity index is 1340. The summed E-state index contributed by atoms with van der Waals surface area (Å²) in [6.07, 6.45) is 6.67. The minimum absolute atomic E-state index is 0.0147. The first-order valence-electron chi connectivity index (χ1n) is 13.1. The van der Waals surface area contributed by atoms with Crippen molar-refractivity contribution >= 4 is 29.3 Å². The highest BCUT2D eigenvalue weighted by Crippen LogP contribution is 2.35. The summed E-state index contributed by atoms with van der Waals surface area (Å²) in [5.74, 6) is 1.00. The number of nitrogens with zero attached hydrogens (tertiary/aromatic N) is 3. The summed E-state index contributed by atoms with van der Waals surface area (Å²) in [4.78, 5) is 38.6. The Kier molecular flexibility index (Phi) is 8.46. The number of ether oxygens (including phenoxy) is 2. The van der Waals surface area contributed by atoms with E-state index in [9.17, 15) is 9.59 Å². The zero-order chi connectivity index (χ0) is 27.2. The number of amides is 2. The Morgan fingerprint density at radius 1 is 1.03 bits per heavy atom. The van der Waals surface area contributed by atoms with Gasteiger partial charge >= 0.3 is 0 Å². The van der Waals surface area contributed by atoms with E-state index in [0.717, 1.165) is 36.2 Å². The maximum atomic E-state index is 14.0. The molecule has 2 aliphatic rings. The van der Waals surface area contributed by atoms with E-state index in [2.05, 4.69) is 27.4 Å². The summed E-state index contributed by atoms with van der Waals surface area (Å²) in [5, 5.41) is 3.61. The van der Waals surface area contributed by atoms with E-state index in [-0.39, 0.29) is 30.3 Å². The normalized spacial score (nSPS) is 16.5. The Labute approximate surface area is 232 Å². The molecule has 0 fully saturated rings. The number of anilines is 1. The van der Waals surface area contributed by atoms with Gasteiger partial charge in [0.2, 0.25) is 18.6 Å². The lowest BCUT2D eigenvalue weighted by Gasteiger charge is -2.37. The van der Waals surface area contributed by atoms with E-state index in [1.165, 1.54) is 11.8 Å². The van der Waals surface area contributed by atoms with Crippen LogP contribution >= 0.6 is 11.8 Å². The van der Waals surface area contributed by atoms with Gasteiger partial charge in [-0.2, -0.15) is 0 Å². The quantitative estimate of drug-likeness (QED) is 0.222. The maximum absolute atomic E-state index is 14.0. The first kappa shape index (κ1) is 26.7. The van der Waals surface area contributed by atoms with Crippen LogP contribution in [0.1, 0.15) is 36.2 Å². The van der Waals surface area contributed by atoms with Crippen LogP contribution in [0.2, 0.25) is 0 Å². The Morgan fingerprint density at radius 2 is 1.79 bits per heavy atom. The molecule has 2 aromatic carbocycles. The van der Waals surface area contributed by atoms with Gasteiger partial charge in [-0.15, -0.1) is 0 Å². The monoisotopic (exact) mass is 544 g/mol. The number of carbonyl (C=O) groups is 2. The molecule has 8 nitrogen and oxygen atoms in total. The molecule has 5 rings (SSSR count). The summed E-state index contributed by atoms with van der Waals surface area (Å²) >= 11 is 1.30. The molecule has 1 N–H and O–H groups in total. The molecule has 1 aromatic heterocycles. The number of allylic oxidation sites excluding steroid dienone is 2. The van der Waals surface area contributed by atoms with Crippen molar-refractivity contribution in [3.63, 3.8) is 0 Å². The first-order chi connectivity index (χ1) is 19.0. The standard InChI is InChI=1S/C30H32N4O4S/c1-20-15-21(2)32-30(31-20)39-18-27(35)34(17-22-9-5-3-6-10-22)28(23-11-7-4-8-12-23)29(36)33-24-13-14-25-26(16-24)38-19-37-25/h3-7,9-10,13-16,23,28H,8,11-12,17-19H2,1-2H3,(H,33,36)/t23-,28-/m0/s1. The van der Waals surface area contributed by atoms with Gasteiger partial charge in [-0.25, -0.2) is 9.97 Å². The van der Waals surface area contributed by atoms with Crippen molar-refractivity contribution in [1.29, 1.82) is 0 Å². The van der Waals surface area contributed by atoms with Crippen LogP contribution in [-0.2, 0) is 16.1 Å². The molecule has 202 valence electrons. The van der Waals surface area contributed by atoms with Crippen molar-refractivity contribution in [2.75, 3.05) is 17.9 Å². The molecule has 3 aromatic rings. The second kappa shape index (κ2) is 12.3. The van der Waals surface area contributed by atoms with Crippen LogP contribution in [0, 0.1) is 19.8 Å². The second-order valence-corrected chi connectivity index (χ2v) is 10.7. The molecule has 2 atom stereocenters. The van der Waals surface area contributed by atoms with Crippen LogP contribution in [-0.4, -0.2) is 45.3 Å². The van der Waals surface area contributed by atoms with Crippen LogP contribution in [0.3, 0.4) is 0 Å². The Balaban J connectivity index is 1.43. The fraction of sp³-hybridized carbons (Fsp3) is 0.333.